The van der Waals surface area contributed by atoms with Gasteiger partial charge in [-0.1, -0.05) is 67.3 Å². The summed E-state index contributed by atoms with van der Waals surface area (Å²) >= 11 is 3.38. The van der Waals surface area contributed by atoms with E-state index in [2.05, 4.69) is 18.8 Å². The summed E-state index contributed by atoms with van der Waals surface area (Å²) in [5.74, 6) is 0. The molecule has 2 N–H and O–H groups in total. The topological polar surface area (TPSA) is 38.9 Å². The molecule has 2 nitrogen and oxygen atoms in total. The van der Waals surface area contributed by atoms with Gasteiger partial charge in [0.25, 0.3) is 0 Å². The molecule has 1 atom stereocenters. The minimum Gasteiger partial charge on any atom is -0.389 e. The zero-order chi connectivity index (χ0) is 12.3. The van der Waals surface area contributed by atoms with Crippen LogP contribution in [0.5, 0.6) is 0 Å². The Balaban J connectivity index is 2.25. The molecule has 1 aromatic heterocycles. The van der Waals surface area contributed by atoms with Gasteiger partial charge >= 0.3 is 0 Å². The van der Waals surface area contributed by atoms with E-state index in [1.54, 1.807) is 23.1 Å². The Hall–Kier alpha value is -1.00. The third kappa shape index (κ3) is 3.01. The van der Waals surface area contributed by atoms with E-state index >= 15 is 0 Å². The maximum Gasteiger partial charge on any atom is 0.152 e. The number of nitrogens with zero attached hydrogens (tertiary/aromatic N) is 1. The second kappa shape index (κ2) is 5.56. The zero-order valence-electron chi connectivity index (χ0n) is 10.0. The number of nitrogen functional groups attached to an aromatic ring is 1. The quantitative estimate of drug-likeness (QED) is 0.838. The fraction of sp³-hybridized carbons (Fsp3) is 0.308. The lowest BCUT2D eigenvalue weighted by Gasteiger charge is -2.03. The monoisotopic (exact) mass is 264 g/mol. The van der Waals surface area contributed by atoms with E-state index in [-0.39, 0.29) is 0 Å². The molecule has 0 aliphatic rings. The number of rotatable bonds is 4. The van der Waals surface area contributed by atoms with Crippen LogP contribution in [0.4, 0.5) is 5.00 Å². The molecule has 0 spiro atoms. The first-order valence-corrected chi connectivity index (χ1v) is 7.38. The van der Waals surface area contributed by atoms with Gasteiger partial charge in [0.2, 0.25) is 0 Å². The lowest BCUT2D eigenvalue weighted by atomic mass is 10.2. The van der Waals surface area contributed by atoms with Crippen molar-refractivity contribution in [2.75, 3.05) is 5.73 Å². The van der Waals surface area contributed by atoms with Gasteiger partial charge in [-0.25, -0.2) is 4.98 Å². The van der Waals surface area contributed by atoms with Gasteiger partial charge in [0.1, 0.15) is 10.7 Å². The van der Waals surface area contributed by atoms with E-state index in [1.165, 1.54) is 0 Å². The highest BCUT2D eigenvalue weighted by atomic mass is 32.2. The normalized spacial score (nSPS) is 12.6. The molecule has 4 heteroatoms. The van der Waals surface area contributed by atoms with Gasteiger partial charge in [0.15, 0.2) is 4.34 Å². The van der Waals surface area contributed by atoms with Gasteiger partial charge < -0.3 is 5.73 Å². The summed E-state index contributed by atoms with van der Waals surface area (Å²) in [7, 11) is 0. The van der Waals surface area contributed by atoms with Crippen molar-refractivity contribution in [3.63, 3.8) is 0 Å². The second-order valence-corrected chi connectivity index (χ2v) is 6.61. The van der Waals surface area contributed by atoms with Crippen LogP contribution in [0, 0.1) is 0 Å². The highest BCUT2D eigenvalue weighted by Crippen LogP contribution is 2.37. The first-order chi connectivity index (χ1) is 8.20. The van der Waals surface area contributed by atoms with Crippen molar-refractivity contribution in [1.29, 1.82) is 0 Å². The van der Waals surface area contributed by atoms with Crippen molar-refractivity contribution >= 4 is 28.1 Å². The molecule has 0 saturated carbocycles. The molecule has 1 heterocycles. The molecular formula is C13H16N2S2. The standard InChI is InChI=1S/C13H16N2S2/c1-3-9(2)16-13-15-11(12(14)17-13)10-7-5-4-6-8-10/h4-9H,3,14H2,1-2H3. The zero-order valence-corrected chi connectivity index (χ0v) is 11.6. The summed E-state index contributed by atoms with van der Waals surface area (Å²) in [6.07, 6.45) is 1.14. The number of hydrogen-bond donors (Lipinski definition) is 1. The van der Waals surface area contributed by atoms with E-state index in [0.717, 1.165) is 27.0 Å². The Morgan fingerprint density at radius 2 is 2.06 bits per heavy atom. The Morgan fingerprint density at radius 3 is 2.71 bits per heavy atom. The lowest BCUT2D eigenvalue weighted by molar-refractivity contribution is 0.904. The number of hydrogen-bond acceptors (Lipinski definition) is 4. The minimum absolute atomic E-state index is 0.587. The van der Waals surface area contributed by atoms with Crippen LogP contribution in [0.3, 0.4) is 0 Å². The van der Waals surface area contributed by atoms with Crippen molar-refractivity contribution < 1.29 is 0 Å². The predicted molar refractivity (Wildman–Crippen MR) is 77.6 cm³/mol. The number of anilines is 1. The van der Waals surface area contributed by atoms with E-state index < -0.39 is 0 Å². The molecule has 2 aromatic rings. The molecule has 0 aliphatic heterocycles. The summed E-state index contributed by atoms with van der Waals surface area (Å²) < 4.78 is 1.07. The van der Waals surface area contributed by atoms with Crippen LogP contribution >= 0.6 is 23.1 Å². The fourth-order valence-corrected chi connectivity index (χ4v) is 3.61. The van der Waals surface area contributed by atoms with Crippen LogP contribution in [0.25, 0.3) is 11.3 Å². The summed E-state index contributed by atoms with van der Waals surface area (Å²) in [6.45, 7) is 4.40. The third-order valence-electron chi connectivity index (χ3n) is 2.56. The molecule has 0 amide bonds. The van der Waals surface area contributed by atoms with Gasteiger partial charge in [-0.2, -0.15) is 0 Å². The minimum atomic E-state index is 0.587. The van der Waals surface area contributed by atoms with Crippen LogP contribution in [0.15, 0.2) is 34.7 Å². The maximum absolute atomic E-state index is 6.03. The van der Waals surface area contributed by atoms with Crippen LogP contribution in [-0.2, 0) is 0 Å². The summed E-state index contributed by atoms with van der Waals surface area (Å²) in [5.41, 5.74) is 8.05. The Bertz CT molecular complexity index is 479. The van der Waals surface area contributed by atoms with Crippen LogP contribution in [0.2, 0.25) is 0 Å². The number of thiazole rings is 1. The lowest BCUT2D eigenvalue weighted by Crippen LogP contribution is -1.91. The Labute approximate surface area is 110 Å². The van der Waals surface area contributed by atoms with E-state index in [9.17, 15) is 0 Å². The van der Waals surface area contributed by atoms with Crippen LogP contribution in [0.1, 0.15) is 20.3 Å². The van der Waals surface area contributed by atoms with Crippen molar-refractivity contribution in [2.45, 2.75) is 29.9 Å². The maximum atomic E-state index is 6.03. The molecule has 0 saturated heterocycles. The van der Waals surface area contributed by atoms with E-state index in [4.69, 9.17) is 5.73 Å². The highest BCUT2D eigenvalue weighted by Gasteiger charge is 2.12. The average molecular weight is 264 g/mol. The van der Waals surface area contributed by atoms with Crippen molar-refractivity contribution in [2.24, 2.45) is 0 Å². The number of thioether (sulfide) groups is 1. The summed E-state index contributed by atoms with van der Waals surface area (Å²) in [5, 5.41) is 1.39. The fourth-order valence-electron chi connectivity index (χ4n) is 1.42. The molecule has 0 radical (unpaired) electrons. The predicted octanol–water partition coefficient (Wildman–Crippen LogP) is 4.28. The largest absolute Gasteiger partial charge is 0.389 e. The van der Waals surface area contributed by atoms with Crippen LogP contribution < -0.4 is 5.73 Å². The SMILES string of the molecule is CCC(C)Sc1nc(-c2ccccc2)c(N)s1. The first-order valence-electron chi connectivity index (χ1n) is 5.69. The molecule has 0 aliphatic carbocycles. The van der Waals surface area contributed by atoms with E-state index in [0.29, 0.717) is 5.25 Å². The molecule has 90 valence electrons. The summed E-state index contributed by atoms with van der Waals surface area (Å²) in [6, 6.07) is 10.1. The molecule has 1 unspecified atom stereocenters. The molecule has 17 heavy (non-hydrogen) atoms. The van der Waals surface area contributed by atoms with Gasteiger partial charge in [-0.15, -0.1) is 0 Å². The van der Waals surface area contributed by atoms with Gasteiger partial charge in [0, 0.05) is 10.8 Å². The average Bonchev–Trinajstić information content (AvgIpc) is 2.71. The smallest absolute Gasteiger partial charge is 0.152 e. The van der Waals surface area contributed by atoms with Crippen LogP contribution in [-0.4, -0.2) is 10.2 Å². The van der Waals surface area contributed by atoms with Crippen molar-refractivity contribution in [1.82, 2.24) is 4.98 Å². The molecular weight excluding hydrogens is 248 g/mol. The second-order valence-electron chi connectivity index (χ2n) is 3.90. The molecule has 0 fully saturated rings. The van der Waals surface area contributed by atoms with E-state index in [1.807, 2.05) is 30.3 Å². The third-order valence-corrected chi connectivity index (χ3v) is 4.80. The Morgan fingerprint density at radius 1 is 1.35 bits per heavy atom. The first kappa shape index (κ1) is 12.5. The summed E-state index contributed by atoms with van der Waals surface area (Å²) in [4.78, 5) is 4.62. The number of nitrogens with two attached hydrogens (primary N) is 1. The van der Waals surface area contributed by atoms with Gasteiger partial charge in [-0.05, 0) is 6.42 Å². The highest BCUT2D eigenvalue weighted by molar-refractivity contribution is 8.01. The van der Waals surface area contributed by atoms with Gasteiger partial charge in [0.05, 0.1) is 0 Å². The number of benzene rings is 1. The van der Waals surface area contributed by atoms with Crippen molar-refractivity contribution in [3.8, 4) is 11.3 Å². The van der Waals surface area contributed by atoms with Gasteiger partial charge in [-0.3, -0.25) is 0 Å². The number of aromatic nitrogens is 1. The molecule has 0 bridgehead atoms. The Kier molecular flexibility index (Phi) is 4.07. The van der Waals surface area contributed by atoms with Crippen molar-refractivity contribution in [3.05, 3.63) is 30.3 Å². The molecule has 2 rings (SSSR count). The molecule has 1 aromatic carbocycles.